The molecule has 0 saturated heterocycles. The molecule has 9 nitrogen and oxygen atoms in total. The van der Waals surface area contributed by atoms with Gasteiger partial charge in [0.15, 0.2) is 5.76 Å². The number of anilines is 2. The topological polar surface area (TPSA) is 114 Å². The van der Waals surface area contributed by atoms with Crippen LogP contribution in [0.1, 0.15) is 39.0 Å². The lowest BCUT2D eigenvalue weighted by atomic mass is 10.0. The van der Waals surface area contributed by atoms with Crippen LogP contribution in [0.5, 0.6) is 0 Å². The maximum atomic E-state index is 12.8. The van der Waals surface area contributed by atoms with Crippen LogP contribution >= 0.6 is 0 Å². The van der Waals surface area contributed by atoms with Gasteiger partial charge in [-0.1, -0.05) is 11.2 Å². The fraction of sp³-hybridized carbons (Fsp3) is 0.364. The smallest absolute Gasteiger partial charge is 0.414 e. The van der Waals surface area contributed by atoms with Crippen LogP contribution in [0.4, 0.5) is 16.2 Å². The van der Waals surface area contributed by atoms with E-state index in [4.69, 9.17) is 15.0 Å². The van der Waals surface area contributed by atoms with Crippen molar-refractivity contribution < 1.29 is 18.8 Å². The van der Waals surface area contributed by atoms with Crippen molar-refractivity contribution in [2.75, 3.05) is 16.3 Å². The molecule has 1 aromatic heterocycles. The molecule has 0 radical (unpaired) electrons. The summed E-state index contributed by atoms with van der Waals surface area (Å²) in [6.45, 7) is 7.65. The third-order valence-corrected chi connectivity index (χ3v) is 4.79. The number of carbonyl (C=O) groups is 2. The van der Waals surface area contributed by atoms with E-state index in [-0.39, 0.29) is 18.1 Å². The molecule has 0 saturated carbocycles. The Labute approximate surface area is 181 Å². The van der Waals surface area contributed by atoms with Gasteiger partial charge < -0.3 is 19.9 Å². The van der Waals surface area contributed by atoms with E-state index in [0.717, 1.165) is 5.56 Å². The Bertz CT molecular complexity index is 997. The Kier molecular flexibility index (Phi) is 6.74. The van der Waals surface area contributed by atoms with E-state index in [2.05, 4.69) is 10.1 Å². The molecule has 0 aliphatic carbocycles. The zero-order valence-corrected chi connectivity index (χ0v) is 18.1. The lowest BCUT2D eigenvalue weighted by Gasteiger charge is -2.40. The van der Waals surface area contributed by atoms with E-state index in [9.17, 15) is 9.59 Å². The van der Waals surface area contributed by atoms with Crippen molar-refractivity contribution in [3.8, 4) is 0 Å². The molecule has 0 spiro atoms. The molecule has 3 rings (SSSR count). The van der Waals surface area contributed by atoms with Crippen LogP contribution in [0, 0.1) is 0 Å². The minimum Gasteiger partial charge on any atom is -0.446 e. The summed E-state index contributed by atoms with van der Waals surface area (Å²) >= 11 is 0. The lowest BCUT2D eigenvalue weighted by Crippen LogP contribution is -2.51. The average molecular weight is 425 g/mol. The molecule has 2 aromatic rings. The molecule has 1 aliphatic rings. The van der Waals surface area contributed by atoms with Crippen LogP contribution in [-0.2, 0) is 16.1 Å². The first-order valence-electron chi connectivity index (χ1n) is 10.1. The molecule has 164 valence electrons. The van der Waals surface area contributed by atoms with E-state index in [1.807, 2.05) is 25.1 Å². The number of nitrogens with two attached hydrogens (primary N) is 1. The number of rotatable bonds is 5. The summed E-state index contributed by atoms with van der Waals surface area (Å²) in [5.74, 6) is 0.536. The molecule has 1 atom stereocenters. The van der Waals surface area contributed by atoms with Crippen LogP contribution in [0.15, 0.2) is 46.2 Å². The van der Waals surface area contributed by atoms with E-state index in [1.54, 1.807) is 42.1 Å². The third kappa shape index (κ3) is 4.93. The Hall–Kier alpha value is -3.62. The number of amides is 2. The largest absolute Gasteiger partial charge is 0.446 e. The van der Waals surface area contributed by atoms with E-state index < -0.39 is 6.09 Å². The molecule has 31 heavy (non-hydrogen) atoms. The average Bonchev–Trinajstić information content (AvgIpc) is 3.23. The number of benzene rings is 1. The number of allylic oxidation sites excluding steroid dienone is 1. The molecule has 9 heteroatoms. The van der Waals surface area contributed by atoms with Gasteiger partial charge in [0.25, 0.3) is 0 Å². The molecule has 1 aromatic carbocycles. The van der Waals surface area contributed by atoms with Crippen molar-refractivity contribution in [3.05, 3.63) is 48.0 Å². The lowest BCUT2D eigenvalue weighted by molar-refractivity contribution is -0.117. The SMILES string of the molecule is CC(=O)N1c2ccc(C(C=NCc3ccno3)=CN)cc2N(C(=O)OC(C)C)CC1C. The molecule has 1 unspecified atom stereocenters. The van der Waals surface area contributed by atoms with Gasteiger partial charge in [0.1, 0.15) is 0 Å². The van der Waals surface area contributed by atoms with Gasteiger partial charge in [0.05, 0.1) is 36.3 Å². The summed E-state index contributed by atoms with van der Waals surface area (Å²) in [7, 11) is 0. The van der Waals surface area contributed by atoms with Crippen molar-refractivity contribution in [2.45, 2.75) is 46.4 Å². The van der Waals surface area contributed by atoms with Crippen molar-refractivity contribution in [3.63, 3.8) is 0 Å². The van der Waals surface area contributed by atoms with Gasteiger partial charge in [-0.2, -0.15) is 0 Å². The highest BCUT2D eigenvalue weighted by atomic mass is 16.6. The van der Waals surface area contributed by atoms with Crippen molar-refractivity contribution >= 4 is 35.2 Å². The minimum atomic E-state index is -0.458. The summed E-state index contributed by atoms with van der Waals surface area (Å²) < 4.78 is 10.5. The minimum absolute atomic E-state index is 0.0958. The molecular formula is C22H27N5O4. The number of hydrogen-bond donors (Lipinski definition) is 1. The van der Waals surface area contributed by atoms with Crippen LogP contribution in [-0.4, -0.2) is 42.1 Å². The van der Waals surface area contributed by atoms with Gasteiger partial charge in [-0.05, 0) is 38.5 Å². The first kappa shape index (κ1) is 22.1. The molecule has 2 amide bonds. The fourth-order valence-corrected chi connectivity index (χ4v) is 3.49. The van der Waals surface area contributed by atoms with Gasteiger partial charge >= 0.3 is 6.09 Å². The molecule has 0 bridgehead atoms. The predicted octanol–water partition coefficient (Wildman–Crippen LogP) is 3.35. The highest BCUT2D eigenvalue weighted by molar-refractivity contribution is 6.11. The zero-order chi connectivity index (χ0) is 22.5. The maximum absolute atomic E-state index is 12.8. The monoisotopic (exact) mass is 425 g/mol. The quantitative estimate of drug-likeness (QED) is 0.735. The number of aliphatic imine (C=N–C) groups is 1. The van der Waals surface area contributed by atoms with Crippen molar-refractivity contribution in [2.24, 2.45) is 10.7 Å². The summed E-state index contributed by atoms with van der Waals surface area (Å²) in [5.41, 5.74) is 8.48. The van der Waals surface area contributed by atoms with E-state index in [1.165, 1.54) is 13.1 Å². The van der Waals surface area contributed by atoms with Gasteiger partial charge in [-0.15, -0.1) is 0 Å². The van der Waals surface area contributed by atoms with Crippen molar-refractivity contribution in [1.82, 2.24) is 5.16 Å². The molecule has 0 fully saturated rings. The van der Waals surface area contributed by atoms with E-state index in [0.29, 0.717) is 35.8 Å². The first-order valence-corrected chi connectivity index (χ1v) is 10.1. The molecule has 1 aliphatic heterocycles. The Balaban J connectivity index is 1.96. The van der Waals surface area contributed by atoms with Gasteiger partial charge in [0.2, 0.25) is 5.91 Å². The van der Waals surface area contributed by atoms with Crippen LogP contribution in [0.25, 0.3) is 5.57 Å². The van der Waals surface area contributed by atoms with Gasteiger partial charge in [-0.3, -0.25) is 14.7 Å². The Morgan fingerprint density at radius 1 is 1.35 bits per heavy atom. The number of hydrogen-bond acceptors (Lipinski definition) is 7. The number of fused-ring (bicyclic) bond motifs is 1. The summed E-state index contributed by atoms with van der Waals surface area (Å²) in [6, 6.07) is 7.02. The maximum Gasteiger partial charge on any atom is 0.414 e. The van der Waals surface area contributed by atoms with Crippen LogP contribution < -0.4 is 15.5 Å². The summed E-state index contributed by atoms with van der Waals surface area (Å²) in [6.07, 6.45) is 3.91. The fourth-order valence-electron chi connectivity index (χ4n) is 3.49. The zero-order valence-electron chi connectivity index (χ0n) is 18.1. The Morgan fingerprint density at radius 3 is 2.74 bits per heavy atom. The second kappa shape index (κ2) is 9.46. The van der Waals surface area contributed by atoms with E-state index >= 15 is 0 Å². The molecule has 2 N–H and O–H groups in total. The van der Waals surface area contributed by atoms with Crippen LogP contribution in [0.2, 0.25) is 0 Å². The molecular weight excluding hydrogens is 398 g/mol. The van der Waals surface area contributed by atoms with Crippen molar-refractivity contribution in [1.29, 1.82) is 0 Å². The highest BCUT2D eigenvalue weighted by Crippen LogP contribution is 2.38. The number of aromatic nitrogens is 1. The summed E-state index contributed by atoms with van der Waals surface area (Å²) in [5, 5.41) is 3.65. The highest BCUT2D eigenvalue weighted by Gasteiger charge is 2.34. The second-order valence-corrected chi connectivity index (χ2v) is 7.56. The van der Waals surface area contributed by atoms with Crippen LogP contribution in [0.3, 0.4) is 0 Å². The summed E-state index contributed by atoms with van der Waals surface area (Å²) in [4.78, 5) is 32.6. The standard InChI is InChI=1S/C22H27N5O4/c1-14(2)30-22(29)26-13-15(3)27(16(4)28)20-6-5-17(9-21(20)26)18(10-23)11-24-12-19-7-8-25-31-19/h5-11,14-15H,12-13,23H2,1-4H3. The number of nitrogens with zero attached hydrogens (tertiary/aromatic N) is 4. The number of carbonyl (C=O) groups excluding carboxylic acids is 2. The van der Waals surface area contributed by atoms with Gasteiger partial charge in [0, 0.05) is 37.5 Å². The third-order valence-electron chi connectivity index (χ3n) is 4.79. The Morgan fingerprint density at radius 2 is 2.13 bits per heavy atom. The predicted molar refractivity (Wildman–Crippen MR) is 119 cm³/mol. The van der Waals surface area contributed by atoms with Gasteiger partial charge in [-0.25, -0.2) is 4.79 Å². The number of ether oxygens (including phenoxy) is 1. The second-order valence-electron chi connectivity index (χ2n) is 7.56. The first-order chi connectivity index (χ1) is 14.8. The normalized spacial score (nSPS) is 16.7. The molecule has 2 heterocycles.